The van der Waals surface area contributed by atoms with Crippen molar-refractivity contribution in [2.24, 2.45) is 5.92 Å². The summed E-state index contributed by atoms with van der Waals surface area (Å²) < 4.78 is 0. The van der Waals surface area contributed by atoms with Crippen LogP contribution in [0.2, 0.25) is 0 Å². The first-order chi connectivity index (χ1) is 6.91. The summed E-state index contributed by atoms with van der Waals surface area (Å²) in [6.45, 7) is 16.9. The molecule has 0 saturated carbocycles. The lowest BCUT2D eigenvalue weighted by molar-refractivity contribution is 0.204. The molecule has 0 aliphatic heterocycles. The second kappa shape index (κ2) is 6.84. The zero-order chi connectivity index (χ0) is 12.0. The van der Waals surface area contributed by atoms with E-state index in [-0.39, 0.29) is 0 Å². The average molecular weight is 209 g/mol. The van der Waals surface area contributed by atoms with E-state index in [0.29, 0.717) is 18.0 Å². The molecule has 1 atom stereocenters. The van der Waals surface area contributed by atoms with Gasteiger partial charge < -0.3 is 0 Å². The van der Waals surface area contributed by atoms with Crippen molar-refractivity contribution in [2.45, 2.75) is 52.6 Å². The Kier molecular flexibility index (Phi) is 6.58. The molecule has 0 aliphatic carbocycles. The molecule has 0 aliphatic rings. The zero-order valence-electron chi connectivity index (χ0n) is 11.1. The molecule has 0 spiro atoms. The van der Waals surface area contributed by atoms with Crippen LogP contribution in [0.25, 0.3) is 0 Å². The molecule has 0 N–H and O–H groups in total. The second-order valence-corrected chi connectivity index (χ2v) is 4.87. The van der Waals surface area contributed by atoms with Gasteiger partial charge in [0.05, 0.1) is 0 Å². The van der Waals surface area contributed by atoms with Gasteiger partial charge in [-0.25, -0.2) is 0 Å². The lowest BCUT2D eigenvalue weighted by Gasteiger charge is -2.34. The van der Waals surface area contributed by atoms with Gasteiger partial charge in [0, 0.05) is 12.1 Å². The minimum absolute atomic E-state index is 0.489. The van der Waals surface area contributed by atoms with Crippen LogP contribution < -0.4 is 0 Å². The maximum Gasteiger partial charge on any atom is 0.0310 e. The van der Waals surface area contributed by atoms with Gasteiger partial charge in [-0.3, -0.25) is 4.90 Å². The molecule has 0 aromatic rings. The number of allylic oxidation sites excluding steroid dienone is 1. The van der Waals surface area contributed by atoms with Crippen molar-refractivity contribution in [3.63, 3.8) is 0 Å². The lowest BCUT2D eigenvalue weighted by atomic mass is 9.92. The van der Waals surface area contributed by atoms with Gasteiger partial charge >= 0.3 is 0 Å². The Morgan fingerprint density at radius 2 is 1.80 bits per heavy atom. The molecule has 0 aromatic carbocycles. The Hall–Kier alpha value is -0.560. The third-order valence-electron chi connectivity index (χ3n) is 3.12. The molecule has 1 heteroatoms. The van der Waals surface area contributed by atoms with Crippen molar-refractivity contribution in [1.82, 2.24) is 4.90 Å². The molecule has 1 unspecified atom stereocenters. The van der Waals surface area contributed by atoms with E-state index in [0.717, 1.165) is 12.8 Å². The molecule has 88 valence electrons. The van der Waals surface area contributed by atoms with Crippen LogP contribution in [0.1, 0.15) is 40.5 Å². The third kappa shape index (κ3) is 4.65. The molecule has 0 saturated heterocycles. The van der Waals surface area contributed by atoms with Gasteiger partial charge in [-0.1, -0.05) is 32.1 Å². The summed E-state index contributed by atoms with van der Waals surface area (Å²) in [6, 6.07) is 1.05. The Morgan fingerprint density at radius 1 is 1.27 bits per heavy atom. The molecular weight excluding hydrogens is 182 g/mol. The summed E-state index contributed by atoms with van der Waals surface area (Å²) in [5.41, 5.74) is 1.34. The minimum atomic E-state index is 0.489. The Balaban J connectivity index is 4.56. The van der Waals surface area contributed by atoms with E-state index in [1.807, 2.05) is 6.08 Å². The largest absolute Gasteiger partial charge is 0.297 e. The van der Waals surface area contributed by atoms with Crippen LogP contribution in [-0.4, -0.2) is 24.0 Å². The average Bonchev–Trinajstić information content (AvgIpc) is 2.17. The minimum Gasteiger partial charge on any atom is -0.297 e. The molecular formula is C14H27N. The summed E-state index contributed by atoms with van der Waals surface area (Å²) in [5, 5.41) is 0. The highest BCUT2D eigenvalue weighted by Crippen LogP contribution is 2.22. The number of nitrogens with zero attached hydrogens (tertiary/aromatic N) is 1. The fourth-order valence-corrected chi connectivity index (χ4v) is 1.67. The van der Waals surface area contributed by atoms with Crippen molar-refractivity contribution in [3.8, 4) is 0 Å². The van der Waals surface area contributed by atoms with Crippen LogP contribution in [0.3, 0.4) is 0 Å². The van der Waals surface area contributed by atoms with Crippen molar-refractivity contribution in [3.05, 3.63) is 24.8 Å². The molecule has 0 bridgehead atoms. The van der Waals surface area contributed by atoms with Crippen molar-refractivity contribution in [2.75, 3.05) is 7.05 Å². The van der Waals surface area contributed by atoms with Gasteiger partial charge in [-0.15, -0.1) is 6.58 Å². The molecule has 0 fully saturated rings. The summed E-state index contributed by atoms with van der Waals surface area (Å²) in [7, 11) is 2.19. The van der Waals surface area contributed by atoms with Crippen LogP contribution in [0.4, 0.5) is 0 Å². The summed E-state index contributed by atoms with van der Waals surface area (Å²) in [4.78, 5) is 2.41. The summed E-state index contributed by atoms with van der Waals surface area (Å²) in [5.74, 6) is 0.556. The first-order valence-electron chi connectivity index (χ1n) is 5.93. The van der Waals surface area contributed by atoms with E-state index in [1.54, 1.807) is 0 Å². The Labute approximate surface area is 95.9 Å². The molecule has 0 heterocycles. The molecule has 0 aromatic heterocycles. The number of hydrogen-bond acceptors (Lipinski definition) is 1. The molecule has 15 heavy (non-hydrogen) atoms. The maximum atomic E-state index is 4.23. The first-order valence-corrected chi connectivity index (χ1v) is 5.93. The van der Waals surface area contributed by atoms with Gasteiger partial charge in [0.2, 0.25) is 0 Å². The van der Waals surface area contributed by atoms with Crippen molar-refractivity contribution in [1.29, 1.82) is 0 Å². The van der Waals surface area contributed by atoms with E-state index < -0.39 is 0 Å². The van der Waals surface area contributed by atoms with Crippen LogP contribution in [-0.2, 0) is 0 Å². The van der Waals surface area contributed by atoms with Crippen LogP contribution in [0, 0.1) is 5.92 Å². The second-order valence-electron chi connectivity index (χ2n) is 4.87. The zero-order valence-corrected chi connectivity index (χ0v) is 11.1. The van der Waals surface area contributed by atoms with E-state index in [1.165, 1.54) is 5.57 Å². The lowest BCUT2D eigenvalue weighted by Crippen LogP contribution is -2.39. The molecule has 0 rings (SSSR count). The predicted octanol–water partition coefficient (Wildman–Crippen LogP) is 3.87. The smallest absolute Gasteiger partial charge is 0.0310 e. The first kappa shape index (κ1) is 14.4. The molecule has 0 radical (unpaired) electrons. The van der Waals surface area contributed by atoms with Crippen molar-refractivity contribution >= 4 is 0 Å². The van der Waals surface area contributed by atoms with Gasteiger partial charge in [-0.05, 0) is 39.7 Å². The highest BCUT2D eigenvalue weighted by Gasteiger charge is 2.20. The summed E-state index contributed by atoms with van der Waals surface area (Å²) in [6.07, 6.45) is 4.19. The van der Waals surface area contributed by atoms with E-state index in [2.05, 4.69) is 52.8 Å². The topological polar surface area (TPSA) is 3.24 Å². The van der Waals surface area contributed by atoms with Crippen LogP contribution in [0.15, 0.2) is 24.8 Å². The third-order valence-corrected chi connectivity index (χ3v) is 3.12. The number of hydrogen-bond donors (Lipinski definition) is 0. The quantitative estimate of drug-likeness (QED) is 0.575. The van der Waals surface area contributed by atoms with Gasteiger partial charge in [0.25, 0.3) is 0 Å². The van der Waals surface area contributed by atoms with Gasteiger partial charge in [0.15, 0.2) is 0 Å². The number of rotatable bonds is 7. The molecule has 0 amide bonds. The highest BCUT2D eigenvalue weighted by molar-refractivity contribution is 5.09. The normalized spacial score (nSPS) is 13.6. The van der Waals surface area contributed by atoms with Crippen molar-refractivity contribution < 1.29 is 0 Å². The van der Waals surface area contributed by atoms with Gasteiger partial charge in [0.1, 0.15) is 0 Å². The van der Waals surface area contributed by atoms with Gasteiger partial charge in [-0.2, -0.15) is 0 Å². The predicted molar refractivity (Wildman–Crippen MR) is 70.1 cm³/mol. The standard InChI is InChI=1S/C14H27N/c1-8-9-10-14(13(6)11(2)3)15(7)12(4)5/h8,11-12,14H,1,6,9-10H2,2-5,7H3. The maximum absolute atomic E-state index is 4.23. The van der Waals surface area contributed by atoms with E-state index in [4.69, 9.17) is 0 Å². The monoisotopic (exact) mass is 209 g/mol. The summed E-state index contributed by atoms with van der Waals surface area (Å²) >= 11 is 0. The highest BCUT2D eigenvalue weighted by atomic mass is 15.1. The van der Waals surface area contributed by atoms with Crippen LogP contribution in [0.5, 0.6) is 0 Å². The fraction of sp³-hybridized carbons (Fsp3) is 0.714. The Morgan fingerprint density at radius 3 is 2.13 bits per heavy atom. The SMILES string of the molecule is C=CCCC(C(=C)C(C)C)N(C)C(C)C. The fourth-order valence-electron chi connectivity index (χ4n) is 1.67. The van der Waals surface area contributed by atoms with Crippen LogP contribution >= 0.6 is 0 Å². The number of likely N-dealkylation sites (N-methyl/N-ethyl adjacent to an activating group) is 1. The van der Waals surface area contributed by atoms with E-state index >= 15 is 0 Å². The Bertz CT molecular complexity index is 203. The molecule has 1 nitrogen and oxygen atoms in total. The van der Waals surface area contributed by atoms with E-state index in [9.17, 15) is 0 Å².